The Balaban J connectivity index is 3.58. The molecule has 0 unspecified atom stereocenters. The zero-order chi connectivity index (χ0) is 8.53. The van der Waals surface area contributed by atoms with E-state index in [1.54, 1.807) is 6.08 Å². The molecule has 0 rings (SSSR count). The monoisotopic (exact) mass is 155 g/mol. The Hall–Kier alpha value is -0.620. The molecule has 0 saturated carbocycles. The van der Waals surface area contributed by atoms with Crippen LogP contribution in [0.5, 0.6) is 0 Å². The van der Waals surface area contributed by atoms with E-state index in [2.05, 4.69) is 18.8 Å². The summed E-state index contributed by atoms with van der Waals surface area (Å²) in [6.45, 7) is 4.99. The molecular formula is C9H17NO. The first-order chi connectivity index (χ1) is 5.35. The predicted molar refractivity (Wildman–Crippen MR) is 46.3 cm³/mol. The van der Waals surface area contributed by atoms with Gasteiger partial charge in [-0.3, -0.25) is 0 Å². The first-order valence-electron chi connectivity index (χ1n) is 4.38. The molecule has 2 nitrogen and oxygen atoms in total. The smallest absolute Gasteiger partial charge is 0.211 e. The summed E-state index contributed by atoms with van der Waals surface area (Å²) in [6.07, 6.45) is 6.31. The molecule has 0 aliphatic rings. The van der Waals surface area contributed by atoms with Gasteiger partial charge in [0, 0.05) is 0 Å². The van der Waals surface area contributed by atoms with Gasteiger partial charge in [-0.1, -0.05) is 26.7 Å². The minimum atomic E-state index is 0.603. The van der Waals surface area contributed by atoms with Crippen molar-refractivity contribution in [1.29, 1.82) is 0 Å². The van der Waals surface area contributed by atoms with Gasteiger partial charge in [0.1, 0.15) is 0 Å². The molecule has 11 heavy (non-hydrogen) atoms. The van der Waals surface area contributed by atoms with Crippen molar-refractivity contribution in [2.24, 2.45) is 10.9 Å². The Kier molecular flexibility index (Phi) is 7.06. The summed E-state index contributed by atoms with van der Waals surface area (Å²) in [6, 6.07) is 0. The molecule has 0 heterocycles. The van der Waals surface area contributed by atoms with Crippen LogP contribution in [0.15, 0.2) is 4.99 Å². The van der Waals surface area contributed by atoms with Crippen LogP contribution in [0.4, 0.5) is 0 Å². The molecule has 0 bridgehead atoms. The van der Waals surface area contributed by atoms with Crippen molar-refractivity contribution in [3.8, 4) is 0 Å². The minimum absolute atomic E-state index is 0.603. The summed E-state index contributed by atoms with van der Waals surface area (Å²) in [7, 11) is 0. The summed E-state index contributed by atoms with van der Waals surface area (Å²) in [5.74, 6) is 0.603. The van der Waals surface area contributed by atoms with Gasteiger partial charge in [0.15, 0.2) is 0 Å². The van der Waals surface area contributed by atoms with Crippen LogP contribution in [0.25, 0.3) is 0 Å². The predicted octanol–water partition coefficient (Wildman–Crippen LogP) is 2.54. The highest BCUT2D eigenvalue weighted by atomic mass is 16.1. The molecule has 0 aliphatic carbocycles. The van der Waals surface area contributed by atoms with E-state index in [4.69, 9.17) is 0 Å². The molecule has 0 N–H and O–H groups in total. The van der Waals surface area contributed by atoms with Crippen molar-refractivity contribution in [3.63, 3.8) is 0 Å². The molecule has 0 fully saturated rings. The average molecular weight is 155 g/mol. The Morgan fingerprint density at radius 1 is 1.27 bits per heavy atom. The van der Waals surface area contributed by atoms with E-state index in [0.717, 1.165) is 0 Å². The third-order valence-electron chi connectivity index (χ3n) is 1.81. The maximum Gasteiger partial charge on any atom is 0.234 e. The maximum absolute atomic E-state index is 9.83. The zero-order valence-electron chi connectivity index (χ0n) is 7.47. The SMILES string of the molecule is CCCC(CCC)CN=C=O. The van der Waals surface area contributed by atoms with E-state index in [9.17, 15) is 4.79 Å². The highest BCUT2D eigenvalue weighted by molar-refractivity contribution is 5.32. The second-order valence-corrected chi connectivity index (χ2v) is 2.88. The number of nitrogens with zero attached hydrogens (tertiary/aromatic N) is 1. The van der Waals surface area contributed by atoms with Gasteiger partial charge in [-0.2, -0.15) is 0 Å². The van der Waals surface area contributed by atoms with E-state index < -0.39 is 0 Å². The van der Waals surface area contributed by atoms with Gasteiger partial charge in [0.2, 0.25) is 6.08 Å². The maximum atomic E-state index is 9.83. The zero-order valence-corrected chi connectivity index (χ0v) is 7.47. The van der Waals surface area contributed by atoms with E-state index >= 15 is 0 Å². The standard InChI is InChI=1S/C9H17NO/c1-3-5-9(6-4-2)7-10-8-11/h9H,3-7H2,1-2H3. The van der Waals surface area contributed by atoms with Crippen molar-refractivity contribution in [2.75, 3.05) is 6.54 Å². The van der Waals surface area contributed by atoms with Crippen LogP contribution in [0.1, 0.15) is 39.5 Å². The number of isocyanates is 1. The number of aliphatic imine (C=N–C) groups is 1. The number of carbonyl (C=O) groups excluding carboxylic acids is 1. The van der Waals surface area contributed by atoms with Crippen molar-refractivity contribution in [1.82, 2.24) is 0 Å². The summed E-state index contributed by atoms with van der Waals surface area (Å²) in [5.41, 5.74) is 0. The fourth-order valence-electron chi connectivity index (χ4n) is 1.31. The molecule has 0 aromatic heterocycles. The first kappa shape index (κ1) is 10.4. The Morgan fingerprint density at radius 2 is 1.82 bits per heavy atom. The lowest BCUT2D eigenvalue weighted by molar-refractivity contribution is 0.449. The second kappa shape index (κ2) is 7.49. The van der Waals surface area contributed by atoms with Crippen LogP contribution in [0.3, 0.4) is 0 Å². The van der Waals surface area contributed by atoms with Crippen molar-refractivity contribution < 1.29 is 4.79 Å². The third-order valence-corrected chi connectivity index (χ3v) is 1.81. The van der Waals surface area contributed by atoms with Crippen molar-refractivity contribution in [2.45, 2.75) is 39.5 Å². The van der Waals surface area contributed by atoms with Crippen LogP contribution in [0, 0.1) is 5.92 Å². The molecule has 0 aliphatic heterocycles. The number of hydrogen-bond acceptors (Lipinski definition) is 2. The molecule has 2 heteroatoms. The quantitative estimate of drug-likeness (QED) is 0.428. The number of rotatable bonds is 6. The molecule has 0 spiro atoms. The van der Waals surface area contributed by atoms with Gasteiger partial charge in [-0.05, 0) is 18.8 Å². The van der Waals surface area contributed by atoms with Gasteiger partial charge >= 0.3 is 0 Å². The highest BCUT2D eigenvalue weighted by Gasteiger charge is 2.04. The number of hydrogen-bond donors (Lipinski definition) is 0. The lowest BCUT2D eigenvalue weighted by Crippen LogP contribution is -2.03. The third kappa shape index (κ3) is 5.81. The summed E-state index contributed by atoms with van der Waals surface area (Å²) < 4.78 is 0. The lowest BCUT2D eigenvalue weighted by Gasteiger charge is -2.09. The molecule has 64 valence electrons. The molecule has 0 radical (unpaired) electrons. The van der Waals surface area contributed by atoms with Gasteiger partial charge in [-0.15, -0.1) is 0 Å². The molecule has 0 amide bonds. The van der Waals surface area contributed by atoms with E-state index in [-0.39, 0.29) is 0 Å². The average Bonchev–Trinajstić information content (AvgIpc) is 2.01. The van der Waals surface area contributed by atoms with Gasteiger partial charge in [-0.25, -0.2) is 9.79 Å². The van der Waals surface area contributed by atoms with Crippen molar-refractivity contribution in [3.05, 3.63) is 0 Å². The van der Waals surface area contributed by atoms with Gasteiger partial charge < -0.3 is 0 Å². The Bertz CT molecular complexity index is 122. The fourth-order valence-corrected chi connectivity index (χ4v) is 1.31. The van der Waals surface area contributed by atoms with Gasteiger partial charge in [0.05, 0.1) is 6.54 Å². The normalized spacial score (nSPS) is 9.73. The fraction of sp³-hybridized carbons (Fsp3) is 0.889. The Labute approximate surface area is 68.7 Å². The van der Waals surface area contributed by atoms with Crippen LogP contribution in [-0.4, -0.2) is 12.6 Å². The van der Waals surface area contributed by atoms with Crippen LogP contribution in [0.2, 0.25) is 0 Å². The van der Waals surface area contributed by atoms with E-state index in [0.29, 0.717) is 12.5 Å². The molecule has 0 atom stereocenters. The molecular weight excluding hydrogens is 138 g/mol. The highest BCUT2D eigenvalue weighted by Crippen LogP contribution is 2.12. The van der Waals surface area contributed by atoms with E-state index in [1.165, 1.54) is 25.7 Å². The first-order valence-corrected chi connectivity index (χ1v) is 4.38. The molecule has 0 saturated heterocycles. The van der Waals surface area contributed by atoms with Gasteiger partial charge in [0.25, 0.3) is 0 Å². The minimum Gasteiger partial charge on any atom is -0.211 e. The topological polar surface area (TPSA) is 29.4 Å². The van der Waals surface area contributed by atoms with Crippen molar-refractivity contribution >= 4 is 6.08 Å². The Morgan fingerprint density at radius 3 is 2.18 bits per heavy atom. The van der Waals surface area contributed by atoms with E-state index in [1.807, 2.05) is 0 Å². The summed E-state index contributed by atoms with van der Waals surface area (Å²) >= 11 is 0. The largest absolute Gasteiger partial charge is 0.234 e. The van der Waals surface area contributed by atoms with Crippen LogP contribution < -0.4 is 0 Å². The second-order valence-electron chi connectivity index (χ2n) is 2.88. The van der Waals surface area contributed by atoms with Crippen LogP contribution >= 0.6 is 0 Å². The molecule has 0 aromatic rings. The summed E-state index contributed by atoms with van der Waals surface area (Å²) in [5, 5.41) is 0. The lowest BCUT2D eigenvalue weighted by atomic mass is 9.99. The summed E-state index contributed by atoms with van der Waals surface area (Å²) in [4.78, 5) is 13.4. The molecule has 0 aromatic carbocycles. The van der Waals surface area contributed by atoms with Crippen LogP contribution in [-0.2, 0) is 4.79 Å².